The van der Waals surface area contributed by atoms with Crippen molar-refractivity contribution in [3.05, 3.63) is 161 Å². The highest BCUT2D eigenvalue weighted by atomic mass is 28.4. The van der Waals surface area contributed by atoms with Gasteiger partial charge >= 0.3 is 12.1 Å². The summed E-state index contributed by atoms with van der Waals surface area (Å²) in [5.41, 5.74) is 5.66. The fraction of sp³-hybridized carbons (Fsp3) is 0.300. The summed E-state index contributed by atoms with van der Waals surface area (Å²) in [5, 5.41) is 6.57. The number of carbonyl (C=O) groups excluding carboxylic acids is 2. The van der Waals surface area contributed by atoms with E-state index in [1.165, 1.54) is 6.07 Å². The SMILES string of the molecule is CC(C)(C)OC(=O)N(CCc1ccc(NC(=O)Nc2ccccc2-c2ccccc2)cc1)C[C@H](O[Si](C)(C)C(C)(C)C)c1ccc(OCc2ccccc2)c2[nH]c(=O)ccc12. The number of anilines is 2. The minimum Gasteiger partial charge on any atom is -0.487 e. The molecule has 0 saturated carbocycles. The van der Waals surface area contributed by atoms with Crippen LogP contribution < -0.4 is 20.9 Å². The molecule has 0 spiro atoms. The van der Waals surface area contributed by atoms with Crippen LogP contribution in [0, 0.1) is 0 Å². The third-order valence-corrected chi connectivity index (χ3v) is 15.4. The zero-order chi connectivity index (χ0) is 43.8. The molecule has 318 valence electrons. The summed E-state index contributed by atoms with van der Waals surface area (Å²) in [4.78, 5) is 44.7. The number of H-pyrrole nitrogens is 1. The fourth-order valence-corrected chi connectivity index (χ4v) is 7.93. The maximum absolute atomic E-state index is 14.1. The second kappa shape index (κ2) is 19.0. The Labute approximate surface area is 360 Å². The second-order valence-corrected chi connectivity index (χ2v) is 22.5. The Hall–Kier alpha value is -6.17. The van der Waals surface area contributed by atoms with E-state index < -0.39 is 26.1 Å². The third-order valence-electron chi connectivity index (χ3n) is 10.9. The van der Waals surface area contributed by atoms with Gasteiger partial charge in [-0.1, -0.05) is 118 Å². The summed E-state index contributed by atoms with van der Waals surface area (Å²) in [6, 6.07) is 41.9. The van der Waals surface area contributed by atoms with Crippen LogP contribution in [0.2, 0.25) is 18.1 Å². The van der Waals surface area contributed by atoms with Crippen molar-refractivity contribution >= 4 is 42.7 Å². The normalized spacial score (nSPS) is 12.4. The molecule has 0 bridgehead atoms. The molecule has 6 aromatic rings. The molecule has 0 aliphatic heterocycles. The van der Waals surface area contributed by atoms with Gasteiger partial charge < -0.3 is 34.4 Å². The molecule has 1 heterocycles. The van der Waals surface area contributed by atoms with Crippen LogP contribution in [0.3, 0.4) is 0 Å². The minimum atomic E-state index is -2.44. The van der Waals surface area contributed by atoms with Crippen LogP contribution in [0.1, 0.15) is 64.3 Å². The van der Waals surface area contributed by atoms with E-state index in [-0.39, 0.29) is 23.2 Å². The number of pyridine rings is 1. The average molecular weight is 839 g/mol. The Kier molecular flexibility index (Phi) is 13.9. The highest BCUT2D eigenvalue weighted by Gasteiger charge is 2.41. The van der Waals surface area contributed by atoms with E-state index in [0.29, 0.717) is 42.2 Å². The topological polar surface area (TPSA) is 122 Å². The van der Waals surface area contributed by atoms with Crippen molar-refractivity contribution in [2.24, 2.45) is 0 Å². The Bertz CT molecular complexity index is 2480. The monoisotopic (exact) mass is 838 g/mol. The molecular formula is C50H58N4O6Si. The van der Waals surface area contributed by atoms with Gasteiger partial charge in [-0.2, -0.15) is 0 Å². The maximum atomic E-state index is 14.1. The first-order valence-electron chi connectivity index (χ1n) is 20.8. The molecule has 5 aromatic carbocycles. The summed E-state index contributed by atoms with van der Waals surface area (Å²) in [7, 11) is -2.44. The lowest BCUT2D eigenvalue weighted by Gasteiger charge is -2.41. The molecule has 6 rings (SSSR count). The number of rotatable bonds is 14. The zero-order valence-electron chi connectivity index (χ0n) is 36.5. The van der Waals surface area contributed by atoms with Gasteiger partial charge in [0.25, 0.3) is 0 Å². The average Bonchev–Trinajstić information content (AvgIpc) is 3.21. The minimum absolute atomic E-state index is 0.136. The standard InChI is InChI=1S/C50H58N4O6Si/c1-49(2,3)59-48(57)54(32-31-35-23-25-38(26-24-35)51-47(56)52-42-22-16-15-21-39(42)37-19-13-10-14-20-37)33-44(60-61(7,8)50(4,5)6)40-27-29-43(46-41(40)28-30-45(55)53-46)58-34-36-17-11-9-12-18-36/h9-30,44H,31-34H2,1-8H3,(H,53,55)(H2,51,52,56)/t44-/m0/s1. The van der Waals surface area contributed by atoms with Crippen molar-refractivity contribution in [1.29, 1.82) is 0 Å². The van der Waals surface area contributed by atoms with Gasteiger partial charge in [0.05, 0.1) is 23.9 Å². The number of benzene rings is 5. The Morgan fingerprint density at radius 3 is 2.07 bits per heavy atom. The van der Waals surface area contributed by atoms with Crippen LogP contribution >= 0.6 is 0 Å². The second-order valence-electron chi connectivity index (χ2n) is 17.8. The number of carbonyl (C=O) groups is 2. The number of nitrogens with zero attached hydrogens (tertiary/aromatic N) is 1. The van der Waals surface area contributed by atoms with Crippen molar-refractivity contribution in [1.82, 2.24) is 9.88 Å². The molecule has 0 fully saturated rings. The van der Waals surface area contributed by atoms with Crippen LogP contribution in [0.5, 0.6) is 5.75 Å². The van der Waals surface area contributed by atoms with Gasteiger partial charge in [-0.25, -0.2) is 9.59 Å². The number of amides is 3. The molecular weight excluding hydrogens is 781 g/mol. The number of aromatic amines is 1. The number of ether oxygens (including phenoxy) is 2. The van der Waals surface area contributed by atoms with Gasteiger partial charge in [-0.15, -0.1) is 0 Å². The largest absolute Gasteiger partial charge is 0.487 e. The number of hydrogen-bond acceptors (Lipinski definition) is 6. The van der Waals surface area contributed by atoms with Crippen molar-refractivity contribution in [3.63, 3.8) is 0 Å². The van der Waals surface area contributed by atoms with Crippen molar-refractivity contribution < 1.29 is 23.5 Å². The highest BCUT2D eigenvalue weighted by molar-refractivity contribution is 6.74. The van der Waals surface area contributed by atoms with Crippen LogP contribution in [-0.4, -0.2) is 49.0 Å². The first-order chi connectivity index (χ1) is 29.0. The fourth-order valence-electron chi connectivity index (χ4n) is 6.66. The van der Waals surface area contributed by atoms with Gasteiger partial charge in [0.15, 0.2) is 8.32 Å². The predicted molar refractivity (Wildman–Crippen MR) is 249 cm³/mol. The molecule has 61 heavy (non-hydrogen) atoms. The summed E-state index contributed by atoms with van der Waals surface area (Å²) in [6.07, 6.45) is -0.506. The highest BCUT2D eigenvalue weighted by Crippen LogP contribution is 2.42. The summed E-state index contributed by atoms with van der Waals surface area (Å²) in [5.74, 6) is 0.544. The van der Waals surface area contributed by atoms with E-state index in [1.54, 1.807) is 11.0 Å². The van der Waals surface area contributed by atoms with Gasteiger partial charge in [0.1, 0.15) is 18.0 Å². The summed E-state index contributed by atoms with van der Waals surface area (Å²) in [6.45, 7) is 17.4. The molecule has 10 nitrogen and oxygen atoms in total. The van der Waals surface area contributed by atoms with Gasteiger partial charge in [0.2, 0.25) is 5.56 Å². The van der Waals surface area contributed by atoms with Crippen LogP contribution in [0.4, 0.5) is 21.0 Å². The molecule has 0 aliphatic carbocycles. The smallest absolute Gasteiger partial charge is 0.410 e. The molecule has 0 saturated heterocycles. The van der Waals surface area contributed by atoms with Crippen LogP contribution in [-0.2, 0) is 22.2 Å². The number of aromatic nitrogens is 1. The molecule has 3 amide bonds. The number of hydrogen-bond donors (Lipinski definition) is 3. The van der Waals surface area contributed by atoms with E-state index in [1.807, 2.05) is 142 Å². The van der Waals surface area contributed by atoms with E-state index in [0.717, 1.165) is 33.2 Å². The molecule has 0 aliphatic rings. The maximum Gasteiger partial charge on any atom is 0.410 e. The number of nitrogens with one attached hydrogen (secondary N) is 3. The summed E-state index contributed by atoms with van der Waals surface area (Å²) >= 11 is 0. The first-order valence-corrected chi connectivity index (χ1v) is 23.7. The Morgan fingerprint density at radius 2 is 1.39 bits per heavy atom. The van der Waals surface area contributed by atoms with Crippen molar-refractivity contribution in [3.8, 4) is 16.9 Å². The van der Waals surface area contributed by atoms with Gasteiger partial charge in [0, 0.05) is 29.2 Å². The molecule has 1 aromatic heterocycles. The van der Waals surface area contributed by atoms with E-state index in [9.17, 15) is 14.4 Å². The zero-order valence-corrected chi connectivity index (χ0v) is 37.5. The number of fused-ring (bicyclic) bond motifs is 1. The first kappa shape index (κ1) is 44.4. The van der Waals surface area contributed by atoms with Gasteiger partial charge in [-0.05, 0) is 97.9 Å². The van der Waals surface area contributed by atoms with E-state index >= 15 is 0 Å². The van der Waals surface area contributed by atoms with Crippen LogP contribution in [0.15, 0.2) is 138 Å². The van der Waals surface area contributed by atoms with Crippen molar-refractivity contribution in [2.75, 3.05) is 23.7 Å². The predicted octanol–water partition coefficient (Wildman–Crippen LogP) is 12.0. The third kappa shape index (κ3) is 12.0. The summed E-state index contributed by atoms with van der Waals surface area (Å²) < 4.78 is 19.5. The molecule has 1 atom stereocenters. The molecule has 0 radical (unpaired) electrons. The lowest BCUT2D eigenvalue weighted by atomic mass is 10.0. The lowest BCUT2D eigenvalue weighted by molar-refractivity contribution is 0.0159. The van der Waals surface area contributed by atoms with Crippen LogP contribution in [0.25, 0.3) is 22.0 Å². The Balaban J connectivity index is 1.24. The molecule has 11 heteroatoms. The van der Waals surface area contributed by atoms with E-state index in [4.69, 9.17) is 13.9 Å². The van der Waals surface area contributed by atoms with E-state index in [2.05, 4.69) is 49.5 Å². The van der Waals surface area contributed by atoms with Crippen molar-refractivity contribution in [2.45, 2.75) is 84.4 Å². The number of para-hydroxylation sites is 1. The Morgan fingerprint density at radius 1 is 0.738 bits per heavy atom. The lowest BCUT2D eigenvalue weighted by Crippen LogP contribution is -2.46. The quantitative estimate of drug-likeness (QED) is 0.0939. The molecule has 0 unspecified atom stereocenters. The number of urea groups is 1. The molecule has 3 N–H and O–H groups in total. The van der Waals surface area contributed by atoms with Gasteiger partial charge in [-0.3, -0.25) is 4.79 Å².